The molecule has 0 N–H and O–H groups in total. The number of ether oxygens (including phenoxy) is 1. The fraction of sp³-hybridized carbons (Fsp3) is 0.0526. The Morgan fingerprint density at radius 1 is 1.00 bits per heavy atom. The first-order valence-electron chi connectivity index (χ1n) is 7.20. The zero-order chi connectivity index (χ0) is 15.9. The number of carbonyl (C=O) groups is 1. The zero-order valence-electron chi connectivity index (χ0n) is 12.3. The second kappa shape index (κ2) is 7.22. The first-order chi connectivity index (χ1) is 11.3. The molecule has 0 saturated heterocycles. The second-order valence-corrected chi connectivity index (χ2v) is 4.86. The Kier molecular flexibility index (Phi) is 4.64. The number of pyridine rings is 1. The lowest BCUT2D eigenvalue weighted by atomic mass is 10.0. The molecule has 114 valence electrons. The number of hydrogen-bond acceptors (Lipinski definition) is 4. The predicted molar refractivity (Wildman–Crippen MR) is 86.4 cm³/mol. The van der Waals surface area contributed by atoms with Crippen molar-refractivity contribution in [2.75, 3.05) is 0 Å². The van der Waals surface area contributed by atoms with Gasteiger partial charge >= 0.3 is 5.97 Å². The van der Waals surface area contributed by atoms with Gasteiger partial charge in [-0.05, 0) is 35.9 Å². The van der Waals surface area contributed by atoms with E-state index in [0.717, 1.165) is 11.1 Å². The Bertz CT molecular complexity index is 725. The Labute approximate surface area is 134 Å². The molecule has 2 heterocycles. The van der Waals surface area contributed by atoms with Gasteiger partial charge in [-0.1, -0.05) is 30.3 Å². The van der Waals surface area contributed by atoms with Crippen LogP contribution in [0.15, 0.2) is 83.7 Å². The summed E-state index contributed by atoms with van der Waals surface area (Å²) in [5, 5.41) is 0. The van der Waals surface area contributed by atoms with Gasteiger partial charge in [0.2, 0.25) is 0 Å². The van der Waals surface area contributed by atoms with Crippen molar-refractivity contribution in [3.8, 4) is 0 Å². The molecule has 0 saturated carbocycles. The number of hydrogen-bond donors (Lipinski definition) is 0. The summed E-state index contributed by atoms with van der Waals surface area (Å²) in [6.07, 6.45) is 7.37. The van der Waals surface area contributed by atoms with Crippen molar-refractivity contribution in [3.63, 3.8) is 0 Å². The predicted octanol–water partition coefficient (Wildman–Crippen LogP) is 4.02. The summed E-state index contributed by atoms with van der Waals surface area (Å²) in [7, 11) is 0. The lowest BCUT2D eigenvalue weighted by Gasteiger charge is -2.17. The van der Waals surface area contributed by atoms with Crippen LogP contribution in [0.4, 0.5) is 0 Å². The van der Waals surface area contributed by atoms with Crippen molar-refractivity contribution in [1.29, 1.82) is 0 Å². The third kappa shape index (κ3) is 3.95. The van der Waals surface area contributed by atoms with Crippen LogP contribution >= 0.6 is 0 Å². The van der Waals surface area contributed by atoms with Gasteiger partial charge in [0.15, 0.2) is 6.10 Å². The Morgan fingerprint density at radius 3 is 2.43 bits per heavy atom. The molecule has 1 unspecified atom stereocenters. The van der Waals surface area contributed by atoms with E-state index in [1.807, 2.05) is 42.5 Å². The standard InChI is InChI=1S/C19H15NO3/c21-18(9-8-17-7-4-14-22-17)23-19(15-5-2-1-3-6-15)16-10-12-20-13-11-16/h1-14,19H. The van der Waals surface area contributed by atoms with Crippen molar-refractivity contribution < 1.29 is 13.9 Å². The SMILES string of the molecule is O=C(C=Cc1ccco1)OC(c1ccccc1)c1ccncc1. The molecular formula is C19H15NO3. The van der Waals surface area contributed by atoms with E-state index in [-0.39, 0.29) is 0 Å². The molecule has 0 aliphatic carbocycles. The van der Waals surface area contributed by atoms with Crippen LogP contribution in [0, 0.1) is 0 Å². The van der Waals surface area contributed by atoms with Gasteiger partial charge in [0, 0.05) is 24.0 Å². The number of esters is 1. The van der Waals surface area contributed by atoms with Crippen LogP contribution in [-0.2, 0) is 9.53 Å². The largest absolute Gasteiger partial charge is 0.465 e. The van der Waals surface area contributed by atoms with Crippen LogP contribution in [0.1, 0.15) is 23.0 Å². The zero-order valence-corrected chi connectivity index (χ0v) is 12.3. The van der Waals surface area contributed by atoms with E-state index < -0.39 is 12.1 Å². The maximum atomic E-state index is 12.1. The molecule has 0 spiro atoms. The molecule has 23 heavy (non-hydrogen) atoms. The quantitative estimate of drug-likeness (QED) is 0.527. The molecule has 0 radical (unpaired) electrons. The first kappa shape index (κ1) is 14.8. The van der Waals surface area contributed by atoms with Crippen LogP contribution < -0.4 is 0 Å². The minimum absolute atomic E-state index is 0.438. The van der Waals surface area contributed by atoms with Crippen LogP contribution in [0.3, 0.4) is 0 Å². The summed E-state index contributed by atoms with van der Waals surface area (Å²) in [4.78, 5) is 16.1. The average molecular weight is 305 g/mol. The number of benzene rings is 1. The van der Waals surface area contributed by atoms with Crippen LogP contribution in [0.2, 0.25) is 0 Å². The summed E-state index contributed by atoms with van der Waals surface area (Å²) in [6, 6.07) is 16.8. The topological polar surface area (TPSA) is 52.3 Å². The maximum absolute atomic E-state index is 12.1. The Balaban J connectivity index is 1.80. The normalized spacial score (nSPS) is 12.2. The Hall–Kier alpha value is -3.14. The van der Waals surface area contributed by atoms with Crippen LogP contribution in [0.25, 0.3) is 6.08 Å². The lowest BCUT2D eigenvalue weighted by Crippen LogP contribution is -2.11. The summed E-state index contributed by atoms with van der Waals surface area (Å²) in [6.45, 7) is 0. The van der Waals surface area contributed by atoms with Crippen molar-refractivity contribution in [2.45, 2.75) is 6.10 Å². The highest BCUT2D eigenvalue weighted by Crippen LogP contribution is 2.25. The van der Waals surface area contributed by atoms with Gasteiger partial charge in [-0.15, -0.1) is 0 Å². The van der Waals surface area contributed by atoms with E-state index in [1.54, 1.807) is 36.9 Å². The molecule has 2 aromatic heterocycles. The lowest BCUT2D eigenvalue weighted by molar-refractivity contribution is -0.141. The van der Waals surface area contributed by atoms with E-state index >= 15 is 0 Å². The monoisotopic (exact) mass is 305 g/mol. The minimum atomic E-state index is -0.479. The van der Waals surface area contributed by atoms with Crippen molar-refractivity contribution in [2.24, 2.45) is 0 Å². The van der Waals surface area contributed by atoms with Gasteiger partial charge in [-0.25, -0.2) is 4.79 Å². The van der Waals surface area contributed by atoms with E-state index in [4.69, 9.17) is 9.15 Å². The third-order valence-corrected chi connectivity index (χ3v) is 3.27. The third-order valence-electron chi connectivity index (χ3n) is 3.27. The number of nitrogens with zero attached hydrogens (tertiary/aromatic N) is 1. The number of aromatic nitrogens is 1. The second-order valence-electron chi connectivity index (χ2n) is 4.86. The van der Waals surface area contributed by atoms with E-state index in [2.05, 4.69) is 4.98 Å². The van der Waals surface area contributed by atoms with Gasteiger partial charge in [0.25, 0.3) is 0 Å². The van der Waals surface area contributed by atoms with E-state index in [1.165, 1.54) is 6.08 Å². The van der Waals surface area contributed by atoms with Crippen molar-refractivity contribution >= 4 is 12.0 Å². The van der Waals surface area contributed by atoms with E-state index in [0.29, 0.717) is 5.76 Å². The molecule has 0 fully saturated rings. The van der Waals surface area contributed by atoms with Gasteiger partial charge in [-0.2, -0.15) is 0 Å². The number of furan rings is 1. The molecule has 4 heteroatoms. The molecule has 0 aliphatic heterocycles. The molecule has 1 aromatic carbocycles. The highest BCUT2D eigenvalue weighted by molar-refractivity contribution is 5.86. The molecular weight excluding hydrogens is 290 g/mol. The van der Waals surface area contributed by atoms with E-state index in [9.17, 15) is 4.79 Å². The molecule has 0 bridgehead atoms. The molecule has 4 nitrogen and oxygen atoms in total. The smallest absolute Gasteiger partial charge is 0.331 e. The van der Waals surface area contributed by atoms with Gasteiger partial charge in [0.05, 0.1) is 6.26 Å². The highest BCUT2D eigenvalue weighted by atomic mass is 16.5. The van der Waals surface area contributed by atoms with Gasteiger partial charge in [-0.3, -0.25) is 4.98 Å². The summed E-state index contributed by atoms with van der Waals surface area (Å²) in [5.74, 6) is 0.161. The fourth-order valence-electron chi connectivity index (χ4n) is 2.19. The van der Waals surface area contributed by atoms with Crippen molar-refractivity contribution in [3.05, 3.63) is 96.2 Å². The molecule has 0 amide bonds. The number of rotatable bonds is 5. The van der Waals surface area contributed by atoms with Gasteiger partial charge < -0.3 is 9.15 Å². The number of carbonyl (C=O) groups excluding carboxylic acids is 1. The fourth-order valence-corrected chi connectivity index (χ4v) is 2.19. The van der Waals surface area contributed by atoms with Crippen LogP contribution in [-0.4, -0.2) is 11.0 Å². The van der Waals surface area contributed by atoms with Crippen molar-refractivity contribution in [1.82, 2.24) is 4.98 Å². The molecule has 3 rings (SSSR count). The van der Waals surface area contributed by atoms with Crippen LogP contribution in [0.5, 0.6) is 0 Å². The average Bonchev–Trinajstić information content (AvgIpc) is 3.13. The molecule has 0 aliphatic rings. The first-order valence-corrected chi connectivity index (χ1v) is 7.20. The highest BCUT2D eigenvalue weighted by Gasteiger charge is 2.17. The molecule has 1 atom stereocenters. The Morgan fingerprint density at radius 2 is 1.74 bits per heavy atom. The minimum Gasteiger partial charge on any atom is -0.465 e. The molecule has 3 aromatic rings. The summed E-state index contributed by atoms with van der Waals surface area (Å²) >= 11 is 0. The summed E-state index contributed by atoms with van der Waals surface area (Å²) in [5.41, 5.74) is 1.77. The van der Waals surface area contributed by atoms with Gasteiger partial charge in [0.1, 0.15) is 5.76 Å². The maximum Gasteiger partial charge on any atom is 0.331 e. The summed E-state index contributed by atoms with van der Waals surface area (Å²) < 4.78 is 10.8.